The second-order valence-electron chi connectivity index (χ2n) is 5.45. The number of nitrogens with zero attached hydrogens (tertiary/aromatic N) is 1. The number of hydrogen-bond donors (Lipinski definition) is 1. The average molecular weight is 226 g/mol. The van der Waals surface area contributed by atoms with Gasteiger partial charge in [0.15, 0.2) is 0 Å². The standard InChI is InChI=1S/C13H26N2O/c1-15(9-12-5-3-4-8-14-12)13(10-16-2)11-6-7-11/h11-14H,3-10H2,1-2H3. The van der Waals surface area contributed by atoms with Crippen LogP contribution >= 0.6 is 0 Å². The van der Waals surface area contributed by atoms with Gasteiger partial charge in [-0.25, -0.2) is 0 Å². The first-order valence-corrected chi connectivity index (χ1v) is 6.74. The molecule has 0 aromatic carbocycles. The highest BCUT2D eigenvalue weighted by molar-refractivity contribution is 4.88. The SMILES string of the molecule is COCC(C1CC1)N(C)CC1CCCCN1. The van der Waals surface area contributed by atoms with E-state index in [9.17, 15) is 0 Å². The van der Waals surface area contributed by atoms with Gasteiger partial charge in [-0.3, -0.25) is 4.90 Å². The van der Waals surface area contributed by atoms with E-state index in [1.807, 2.05) is 7.11 Å². The van der Waals surface area contributed by atoms with Crippen molar-refractivity contribution < 1.29 is 4.74 Å². The number of likely N-dealkylation sites (N-methyl/N-ethyl adjacent to an activating group) is 1. The smallest absolute Gasteiger partial charge is 0.0620 e. The second-order valence-corrected chi connectivity index (χ2v) is 5.45. The summed E-state index contributed by atoms with van der Waals surface area (Å²) in [5, 5.41) is 3.62. The maximum Gasteiger partial charge on any atom is 0.0620 e. The normalized spacial score (nSPS) is 28.3. The Morgan fingerprint density at radius 2 is 2.12 bits per heavy atom. The highest BCUT2D eigenvalue weighted by atomic mass is 16.5. The molecule has 2 aliphatic rings. The molecule has 16 heavy (non-hydrogen) atoms. The minimum Gasteiger partial charge on any atom is -0.383 e. The number of hydrogen-bond acceptors (Lipinski definition) is 3. The molecule has 0 aromatic rings. The first-order valence-electron chi connectivity index (χ1n) is 6.74. The summed E-state index contributed by atoms with van der Waals surface area (Å²) in [4.78, 5) is 2.52. The van der Waals surface area contributed by atoms with E-state index in [0.29, 0.717) is 12.1 Å². The molecule has 1 N–H and O–H groups in total. The molecule has 1 saturated carbocycles. The first kappa shape index (κ1) is 12.3. The largest absolute Gasteiger partial charge is 0.383 e. The van der Waals surface area contributed by atoms with Crippen molar-refractivity contribution in [2.24, 2.45) is 5.92 Å². The van der Waals surface area contributed by atoms with Gasteiger partial charge in [-0.15, -0.1) is 0 Å². The van der Waals surface area contributed by atoms with E-state index >= 15 is 0 Å². The van der Waals surface area contributed by atoms with Gasteiger partial charge in [0.2, 0.25) is 0 Å². The van der Waals surface area contributed by atoms with E-state index in [1.54, 1.807) is 0 Å². The lowest BCUT2D eigenvalue weighted by Crippen LogP contribution is -2.47. The van der Waals surface area contributed by atoms with Gasteiger partial charge in [0.1, 0.15) is 0 Å². The lowest BCUT2D eigenvalue weighted by molar-refractivity contribution is 0.0855. The number of nitrogens with one attached hydrogen (secondary N) is 1. The minimum absolute atomic E-state index is 0.647. The van der Waals surface area contributed by atoms with Gasteiger partial charge in [0, 0.05) is 25.7 Å². The van der Waals surface area contributed by atoms with Crippen LogP contribution in [0.5, 0.6) is 0 Å². The van der Waals surface area contributed by atoms with Gasteiger partial charge in [-0.2, -0.15) is 0 Å². The average Bonchev–Trinajstić information content (AvgIpc) is 3.11. The van der Waals surface area contributed by atoms with Gasteiger partial charge in [0.05, 0.1) is 6.61 Å². The minimum atomic E-state index is 0.647. The van der Waals surface area contributed by atoms with Gasteiger partial charge in [0.25, 0.3) is 0 Å². The molecule has 1 aliphatic heterocycles. The van der Waals surface area contributed by atoms with Crippen molar-refractivity contribution in [1.82, 2.24) is 10.2 Å². The fourth-order valence-corrected chi connectivity index (χ4v) is 2.84. The molecule has 0 spiro atoms. The molecule has 0 bridgehead atoms. The third-order valence-electron chi connectivity index (χ3n) is 3.99. The molecule has 0 radical (unpaired) electrons. The molecular formula is C13H26N2O. The fourth-order valence-electron chi connectivity index (χ4n) is 2.84. The van der Waals surface area contributed by atoms with E-state index in [4.69, 9.17) is 4.74 Å². The Hall–Kier alpha value is -0.120. The van der Waals surface area contributed by atoms with Crippen molar-refractivity contribution in [2.75, 3.05) is 33.9 Å². The lowest BCUT2D eigenvalue weighted by Gasteiger charge is -2.33. The summed E-state index contributed by atoms with van der Waals surface area (Å²) < 4.78 is 5.35. The van der Waals surface area contributed by atoms with Crippen molar-refractivity contribution in [3.8, 4) is 0 Å². The zero-order valence-corrected chi connectivity index (χ0v) is 10.7. The monoisotopic (exact) mass is 226 g/mol. The molecule has 3 nitrogen and oxygen atoms in total. The molecule has 2 rings (SSSR count). The summed E-state index contributed by atoms with van der Waals surface area (Å²) >= 11 is 0. The van der Waals surface area contributed by atoms with Crippen LogP contribution in [0, 0.1) is 5.92 Å². The Morgan fingerprint density at radius 1 is 1.31 bits per heavy atom. The first-order chi connectivity index (χ1) is 7.81. The number of methoxy groups -OCH3 is 1. The van der Waals surface area contributed by atoms with Crippen LogP contribution in [-0.2, 0) is 4.74 Å². The molecular weight excluding hydrogens is 200 g/mol. The summed E-state index contributed by atoms with van der Waals surface area (Å²) in [5.74, 6) is 0.897. The Kier molecular flexibility index (Phi) is 4.62. The summed E-state index contributed by atoms with van der Waals surface area (Å²) in [6.45, 7) is 3.29. The van der Waals surface area contributed by atoms with Crippen LogP contribution < -0.4 is 5.32 Å². The van der Waals surface area contributed by atoms with E-state index in [-0.39, 0.29) is 0 Å². The third kappa shape index (κ3) is 3.44. The summed E-state index contributed by atoms with van der Waals surface area (Å²) in [5.41, 5.74) is 0. The predicted octanol–water partition coefficient (Wildman–Crippen LogP) is 1.49. The lowest BCUT2D eigenvalue weighted by atomic mass is 10.0. The maximum atomic E-state index is 5.35. The third-order valence-corrected chi connectivity index (χ3v) is 3.99. The van der Waals surface area contributed by atoms with E-state index in [1.165, 1.54) is 45.2 Å². The molecule has 1 saturated heterocycles. The van der Waals surface area contributed by atoms with Crippen LogP contribution in [0.3, 0.4) is 0 Å². The van der Waals surface area contributed by atoms with Crippen molar-refractivity contribution in [1.29, 1.82) is 0 Å². The summed E-state index contributed by atoms with van der Waals surface area (Å²) in [6, 6.07) is 1.35. The Morgan fingerprint density at radius 3 is 2.69 bits per heavy atom. The Bertz CT molecular complexity index is 200. The molecule has 0 aromatic heterocycles. The highest BCUT2D eigenvalue weighted by Crippen LogP contribution is 2.35. The molecule has 2 atom stereocenters. The number of ether oxygens (including phenoxy) is 1. The zero-order valence-electron chi connectivity index (χ0n) is 10.7. The highest BCUT2D eigenvalue weighted by Gasteiger charge is 2.34. The predicted molar refractivity (Wildman–Crippen MR) is 66.7 cm³/mol. The molecule has 94 valence electrons. The van der Waals surface area contributed by atoms with Crippen LogP contribution in [0.25, 0.3) is 0 Å². The maximum absolute atomic E-state index is 5.35. The van der Waals surface area contributed by atoms with Crippen LogP contribution in [0.1, 0.15) is 32.1 Å². The quantitative estimate of drug-likeness (QED) is 0.742. The topological polar surface area (TPSA) is 24.5 Å². The van der Waals surface area contributed by atoms with Gasteiger partial charge >= 0.3 is 0 Å². The van der Waals surface area contributed by atoms with Crippen LogP contribution in [0.4, 0.5) is 0 Å². The van der Waals surface area contributed by atoms with Crippen molar-refractivity contribution >= 4 is 0 Å². The van der Waals surface area contributed by atoms with Crippen molar-refractivity contribution in [2.45, 2.75) is 44.2 Å². The number of piperidine rings is 1. The Balaban J connectivity index is 1.77. The van der Waals surface area contributed by atoms with Crippen LogP contribution in [0.2, 0.25) is 0 Å². The molecule has 3 heteroatoms. The molecule has 2 fully saturated rings. The zero-order chi connectivity index (χ0) is 11.4. The van der Waals surface area contributed by atoms with Gasteiger partial charge in [-0.05, 0) is 45.2 Å². The molecule has 0 amide bonds. The van der Waals surface area contributed by atoms with E-state index in [0.717, 1.165) is 12.5 Å². The number of rotatable bonds is 6. The summed E-state index contributed by atoms with van der Waals surface area (Å²) in [7, 11) is 4.08. The molecule has 1 aliphatic carbocycles. The van der Waals surface area contributed by atoms with E-state index < -0.39 is 0 Å². The summed E-state index contributed by atoms with van der Waals surface area (Å²) in [6.07, 6.45) is 6.88. The van der Waals surface area contributed by atoms with Crippen LogP contribution in [0.15, 0.2) is 0 Å². The molecule has 2 unspecified atom stereocenters. The van der Waals surface area contributed by atoms with Crippen LogP contribution in [-0.4, -0.2) is 50.8 Å². The van der Waals surface area contributed by atoms with E-state index in [2.05, 4.69) is 17.3 Å². The second kappa shape index (κ2) is 5.99. The molecule has 1 heterocycles. The fraction of sp³-hybridized carbons (Fsp3) is 1.00. The van der Waals surface area contributed by atoms with Crippen molar-refractivity contribution in [3.63, 3.8) is 0 Å². The van der Waals surface area contributed by atoms with Gasteiger partial charge < -0.3 is 10.1 Å². The Labute approximate surface area is 99.5 Å². The van der Waals surface area contributed by atoms with Gasteiger partial charge in [-0.1, -0.05) is 6.42 Å². The van der Waals surface area contributed by atoms with Crippen molar-refractivity contribution in [3.05, 3.63) is 0 Å².